The van der Waals surface area contributed by atoms with Crippen LogP contribution in [-0.2, 0) is 0 Å². The predicted molar refractivity (Wildman–Crippen MR) is 121 cm³/mol. The molecule has 5 rings (SSSR count). The molecule has 0 spiro atoms. The third kappa shape index (κ3) is 3.55. The van der Waals surface area contributed by atoms with Crippen molar-refractivity contribution in [3.63, 3.8) is 0 Å². The molecule has 0 amide bonds. The molecule has 154 valence electrons. The topological polar surface area (TPSA) is 33.0 Å². The SMILES string of the molecule is N#Cc1c(F)cc(-c2ccc(OC3c4ccccc4C=Cc4ccccc43)cc2)cc1F. The summed E-state index contributed by atoms with van der Waals surface area (Å²) in [6.07, 6.45) is 3.89. The lowest BCUT2D eigenvalue weighted by Crippen LogP contribution is -2.11. The zero-order chi connectivity index (χ0) is 22.1. The molecule has 1 aliphatic rings. The molecule has 0 atom stereocenters. The molecule has 0 saturated carbocycles. The molecule has 0 bridgehead atoms. The highest BCUT2D eigenvalue weighted by atomic mass is 19.1. The zero-order valence-electron chi connectivity index (χ0n) is 16.9. The largest absolute Gasteiger partial charge is 0.481 e. The van der Waals surface area contributed by atoms with Gasteiger partial charge in [0.2, 0.25) is 0 Å². The van der Waals surface area contributed by atoms with Crippen molar-refractivity contribution in [3.8, 4) is 22.9 Å². The number of ether oxygens (including phenoxy) is 1. The second-order valence-electron chi connectivity index (χ2n) is 7.54. The second-order valence-corrected chi connectivity index (χ2v) is 7.54. The van der Waals surface area contributed by atoms with Gasteiger partial charge in [0.25, 0.3) is 0 Å². The van der Waals surface area contributed by atoms with Gasteiger partial charge in [0.15, 0.2) is 0 Å². The van der Waals surface area contributed by atoms with Crippen molar-refractivity contribution in [2.24, 2.45) is 0 Å². The molecule has 0 aromatic heterocycles. The summed E-state index contributed by atoms with van der Waals surface area (Å²) in [5.74, 6) is -1.11. The lowest BCUT2D eigenvalue weighted by Gasteiger charge is -2.22. The van der Waals surface area contributed by atoms with E-state index in [0.717, 1.165) is 22.3 Å². The minimum atomic E-state index is -0.873. The molecule has 1 aliphatic carbocycles. The van der Waals surface area contributed by atoms with Gasteiger partial charge in [0.1, 0.15) is 35.1 Å². The highest BCUT2D eigenvalue weighted by Crippen LogP contribution is 2.36. The van der Waals surface area contributed by atoms with Gasteiger partial charge in [-0.1, -0.05) is 72.8 Å². The van der Waals surface area contributed by atoms with Gasteiger partial charge in [0, 0.05) is 11.1 Å². The van der Waals surface area contributed by atoms with Crippen LogP contribution in [0.15, 0.2) is 84.9 Å². The van der Waals surface area contributed by atoms with Crippen LogP contribution in [0.2, 0.25) is 0 Å². The number of halogens is 2. The fourth-order valence-electron chi connectivity index (χ4n) is 3.99. The van der Waals surface area contributed by atoms with E-state index in [4.69, 9.17) is 10.00 Å². The number of hydrogen-bond acceptors (Lipinski definition) is 2. The number of benzene rings is 4. The van der Waals surface area contributed by atoms with Crippen molar-refractivity contribution in [1.29, 1.82) is 5.26 Å². The summed E-state index contributed by atoms with van der Waals surface area (Å²) in [5, 5.41) is 8.86. The Morgan fingerprint density at radius 3 is 1.75 bits per heavy atom. The van der Waals surface area contributed by atoms with Crippen molar-refractivity contribution in [2.45, 2.75) is 6.10 Å². The van der Waals surface area contributed by atoms with Crippen LogP contribution in [0.5, 0.6) is 5.75 Å². The first kappa shape index (κ1) is 19.7. The number of nitriles is 1. The number of nitrogens with zero attached hydrogens (tertiary/aromatic N) is 1. The van der Waals surface area contributed by atoms with Gasteiger partial charge >= 0.3 is 0 Å². The highest BCUT2D eigenvalue weighted by Gasteiger charge is 2.23. The summed E-state index contributed by atoms with van der Waals surface area (Å²) >= 11 is 0. The molecule has 32 heavy (non-hydrogen) atoms. The molecule has 0 heterocycles. The fraction of sp³-hybridized carbons (Fsp3) is 0.0357. The molecule has 0 saturated heterocycles. The Morgan fingerprint density at radius 2 is 1.22 bits per heavy atom. The van der Waals surface area contributed by atoms with E-state index < -0.39 is 17.2 Å². The summed E-state index contributed by atoms with van der Waals surface area (Å²) in [7, 11) is 0. The Bertz CT molecular complexity index is 1310. The molecular weight excluding hydrogens is 404 g/mol. The van der Waals surface area contributed by atoms with E-state index in [9.17, 15) is 8.78 Å². The van der Waals surface area contributed by atoms with Crippen LogP contribution in [0.25, 0.3) is 23.3 Å². The van der Waals surface area contributed by atoms with Crippen molar-refractivity contribution < 1.29 is 13.5 Å². The normalized spacial score (nSPS) is 12.4. The minimum Gasteiger partial charge on any atom is -0.481 e. The molecule has 0 aliphatic heterocycles. The molecular formula is C28H17F2NO. The van der Waals surface area contributed by atoms with Crippen LogP contribution in [0.3, 0.4) is 0 Å². The Labute approximate surface area is 184 Å². The average Bonchev–Trinajstić information content (AvgIpc) is 2.97. The minimum absolute atomic E-state index is 0.298. The first-order valence-corrected chi connectivity index (χ1v) is 10.2. The van der Waals surface area contributed by atoms with Crippen LogP contribution in [-0.4, -0.2) is 0 Å². The van der Waals surface area contributed by atoms with Crippen molar-refractivity contribution in [3.05, 3.63) is 124 Å². The molecule has 4 aromatic rings. The van der Waals surface area contributed by atoms with Gasteiger partial charge in [-0.3, -0.25) is 0 Å². The third-order valence-electron chi connectivity index (χ3n) is 5.59. The van der Waals surface area contributed by atoms with E-state index in [1.165, 1.54) is 12.1 Å². The molecule has 0 N–H and O–H groups in total. The van der Waals surface area contributed by atoms with Crippen LogP contribution in [0.4, 0.5) is 8.78 Å². The van der Waals surface area contributed by atoms with Gasteiger partial charge in [-0.2, -0.15) is 5.26 Å². The van der Waals surface area contributed by atoms with Crippen molar-refractivity contribution in [1.82, 2.24) is 0 Å². The molecule has 0 unspecified atom stereocenters. The number of rotatable bonds is 3. The molecule has 4 heteroatoms. The number of fused-ring (bicyclic) bond motifs is 2. The lowest BCUT2D eigenvalue weighted by molar-refractivity contribution is 0.247. The molecule has 2 nitrogen and oxygen atoms in total. The maximum atomic E-state index is 14.0. The first-order chi connectivity index (χ1) is 15.6. The molecule has 0 radical (unpaired) electrons. The third-order valence-corrected chi connectivity index (χ3v) is 5.59. The Morgan fingerprint density at radius 1 is 0.688 bits per heavy atom. The maximum absolute atomic E-state index is 14.0. The van der Waals surface area contributed by atoms with Gasteiger partial charge in [-0.25, -0.2) is 8.78 Å². The second kappa shape index (κ2) is 8.13. The van der Waals surface area contributed by atoms with Crippen molar-refractivity contribution >= 4 is 12.2 Å². The van der Waals surface area contributed by atoms with E-state index in [2.05, 4.69) is 36.4 Å². The van der Waals surface area contributed by atoms with Crippen molar-refractivity contribution in [2.75, 3.05) is 0 Å². The quantitative estimate of drug-likeness (QED) is 0.352. The fourth-order valence-corrected chi connectivity index (χ4v) is 3.99. The first-order valence-electron chi connectivity index (χ1n) is 10.2. The summed E-state index contributed by atoms with van der Waals surface area (Å²) in [6, 6.07) is 27.2. The molecule has 4 aromatic carbocycles. The summed E-state index contributed by atoms with van der Waals surface area (Å²) in [4.78, 5) is 0. The van der Waals surface area contributed by atoms with Crippen LogP contribution < -0.4 is 4.74 Å². The predicted octanol–water partition coefficient (Wildman–Crippen LogP) is 7.16. The monoisotopic (exact) mass is 421 g/mol. The standard InChI is InChI=1S/C28H17F2NO/c29-26-15-21(16-27(30)25(26)17-31)18-11-13-22(14-12-18)32-28-23-7-3-1-5-19(23)9-10-20-6-2-4-8-24(20)28/h1-16,28H. The summed E-state index contributed by atoms with van der Waals surface area (Å²) in [5.41, 5.74) is 4.72. The summed E-state index contributed by atoms with van der Waals surface area (Å²) < 4.78 is 34.5. The van der Waals surface area contributed by atoms with Gasteiger partial charge in [0.05, 0.1) is 0 Å². The van der Waals surface area contributed by atoms with Gasteiger partial charge in [-0.15, -0.1) is 0 Å². The smallest absolute Gasteiger partial charge is 0.150 e. The van der Waals surface area contributed by atoms with E-state index in [1.807, 2.05) is 24.3 Å². The zero-order valence-corrected chi connectivity index (χ0v) is 16.9. The lowest BCUT2D eigenvalue weighted by atomic mass is 9.96. The maximum Gasteiger partial charge on any atom is 0.150 e. The highest BCUT2D eigenvalue weighted by molar-refractivity contribution is 5.76. The van der Waals surface area contributed by atoms with E-state index in [0.29, 0.717) is 16.9 Å². The average molecular weight is 421 g/mol. The summed E-state index contributed by atoms with van der Waals surface area (Å²) in [6.45, 7) is 0. The van der Waals surface area contributed by atoms with Crippen LogP contribution >= 0.6 is 0 Å². The van der Waals surface area contributed by atoms with Gasteiger partial charge in [-0.05, 0) is 46.5 Å². The number of hydrogen-bond donors (Lipinski definition) is 0. The van der Waals surface area contributed by atoms with E-state index in [-0.39, 0.29) is 6.10 Å². The van der Waals surface area contributed by atoms with Crippen LogP contribution in [0.1, 0.15) is 33.9 Å². The Hall–Kier alpha value is -4.23. The molecule has 0 fully saturated rings. The van der Waals surface area contributed by atoms with E-state index in [1.54, 1.807) is 30.3 Å². The Balaban J connectivity index is 1.49. The van der Waals surface area contributed by atoms with Gasteiger partial charge < -0.3 is 4.74 Å². The van der Waals surface area contributed by atoms with E-state index >= 15 is 0 Å². The van der Waals surface area contributed by atoms with Crippen LogP contribution in [0, 0.1) is 23.0 Å². The Kier molecular flexibility index (Phi) is 5.01.